The SMILES string of the molecule is O=C(O)C1CCN(C(=O)/C(=C/c2ccc(F)cc2)c2cccs2)CC1. The molecule has 0 aliphatic carbocycles. The Balaban J connectivity index is 1.84. The second kappa shape index (κ2) is 7.61. The first kappa shape index (κ1) is 17.4. The van der Waals surface area contributed by atoms with Gasteiger partial charge >= 0.3 is 5.97 Å². The summed E-state index contributed by atoms with van der Waals surface area (Å²) in [6, 6.07) is 9.74. The Kier molecular flexibility index (Phi) is 5.28. The van der Waals surface area contributed by atoms with Crippen LogP contribution in [0.25, 0.3) is 11.6 Å². The van der Waals surface area contributed by atoms with Crippen LogP contribution in [0.1, 0.15) is 23.3 Å². The van der Waals surface area contributed by atoms with Crippen LogP contribution >= 0.6 is 11.3 Å². The van der Waals surface area contributed by atoms with Crippen molar-refractivity contribution in [3.63, 3.8) is 0 Å². The van der Waals surface area contributed by atoms with E-state index in [1.165, 1.54) is 23.5 Å². The van der Waals surface area contributed by atoms with Gasteiger partial charge in [0.2, 0.25) is 0 Å². The number of aliphatic carboxylic acids is 1. The van der Waals surface area contributed by atoms with E-state index in [2.05, 4.69) is 0 Å². The van der Waals surface area contributed by atoms with Gasteiger partial charge in [-0.1, -0.05) is 18.2 Å². The summed E-state index contributed by atoms with van der Waals surface area (Å²) in [6.07, 6.45) is 2.70. The van der Waals surface area contributed by atoms with Crippen molar-refractivity contribution in [1.82, 2.24) is 4.90 Å². The fourth-order valence-corrected chi connectivity index (χ4v) is 3.63. The zero-order valence-electron chi connectivity index (χ0n) is 13.5. The first-order valence-electron chi connectivity index (χ1n) is 8.08. The Hall–Kier alpha value is -2.47. The number of benzene rings is 1. The minimum Gasteiger partial charge on any atom is -0.481 e. The maximum atomic E-state index is 13.1. The number of carbonyl (C=O) groups excluding carboxylic acids is 1. The monoisotopic (exact) mass is 359 g/mol. The molecule has 2 heterocycles. The number of halogens is 1. The maximum Gasteiger partial charge on any atom is 0.306 e. The number of carbonyl (C=O) groups is 2. The molecule has 130 valence electrons. The Labute approximate surface area is 149 Å². The lowest BCUT2D eigenvalue weighted by molar-refractivity contribution is -0.144. The molecule has 1 aliphatic rings. The number of carboxylic acids is 1. The van der Waals surface area contributed by atoms with Crippen LogP contribution in [0.4, 0.5) is 4.39 Å². The quantitative estimate of drug-likeness (QED) is 0.846. The van der Waals surface area contributed by atoms with Crippen molar-refractivity contribution >= 4 is 34.9 Å². The number of nitrogens with zero attached hydrogens (tertiary/aromatic N) is 1. The van der Waals surface area contributed by atoms with E-state index >= 15 is 0 Å². The smallest absolute Gasteiger partial charge is 0.306 e. The summed E-state index contributed by atoms with van der Waals surface area (Å²) in [7, 11) is 0. The normalized spacial score (nSPS) is 16.0. The average molecular weight is 359 g/mol. The maximum absolute atomic E-state index is 13.1. The highest BCUT2D eigenvalue weighted by Crippen LogP contribution is 2.27. The third kappa shape index (κ3) is 4.14. The number of amides is 1. The van der Waals surface area contributed by atoms with E-state index in [9.17, 15) is 14.0 Å². The van der Waals surface area contributed by atoms with Gasteiger partial charge in [0.25, 0.3) is 5.91 Å². The van der Waals surface area contributed by atoms with Gasteiger partial charge in [-0.3, -0.25) is 9.59 Å². The fourth-order valence-electron chi connectivity index (χ4n) is 2.90. The molecule has 0 saturated carbocycles. The summed E-state index contributed by atoms with van der Waals surface area (Å²) >= 11 is 1.47. The molecular weight excluding hydrogens is 341 g/mol. The molecule has 0 unspecified atom stereocenters. The van der Waals surface area contributed by atoms with Crippen LogP contribution in [-0.4, -0.2) is 35.0 Å². The van der Waals surface area contributed by atoms with Crippen LogP contribution in [0.5, 0.6) is 0 Å². The predicted octanol–water partition coefficient (Wildman–Crippen LogP) is 3.75. The van der Waals surface area contributed by atoms with E-state index in [1.807, 2.05) is 17.5 Å². The predicted molar refractivity (Wildman–Crippen MR) is 95.5 cm³/mol. The van der Waals surface area contributed by atoms with E-state index in [0.717, 1.165) is 10.4 Å². The topological polar surface area (TPSA) is 57.6 Å². The minimum absolute atomic E-state index is 0.115. The Morgan fingerprint density at radius 2 is 1.84 bits per heavy atom. The van der Waals surface area contributed by atoms with Crippen molar-refractivity contribution in [2.75, 3.05) is 13.1 Å². The molecule has 6 heteroatoms. The molecule has 0 radical (unpaired) electrons. The first-order valence-corrected chi connectivity index (χ1v) is 8.96. The van der Waals surface area contributed by atoms with Gasteiger partial charge in [-0.25, -0.2) is 4.39 Å². The standard InChI is InChI=1S/C19H18FNO3S/c20-15-5-3-13(4-6-15)12-16(17-2-1-11-25-17)18(22)21-9-7-14(8-10-21)19(23)24/h1-6,11-12,14H,7-10H2,(H,23,24)/b16-12+. The lowest BCUT2D eigenvalue weighted by Gasteiger charge is -2.30. The number of hydrogen-bond acceptors (Lipinski definition) is 3. The second-order valence-corrected chi connectivity index (χ2v) is 6.94. The van der Waals surface area contributed by atoms with Crippen molar-refractivity contribution in [2.45, 2.75) is 12.8 Å². The number of hydrogen-bond donors (Lipinski definition) is 1. The zero-order valence-corrected chi connectivity index (χ0v) is 14.3. The number of thiophene rings is 1. The van der Waals surface area contributed by atoms with Crippen LogP contribution in [0.15, 0.2) is 41.8 Å². The molecule has 1 aliphatic heterocycles. The third-order valence-electron chi connectivity index (χ3n) is 4.33. The summed E-state index contributed by atoms with van der Waals surface area (Å²) in [5.74, 6) is -1.62. The molecule has 0 atom stereocenters. The van der Waals surface area contributed by atoms with Gasteiger partial charge in [0.1, 0.15) is 5.82 Å². The second-order valence-electron chi connectivity index (χ2n) is 5.99. The first-order chi connectivity index (χ1) is 12.0. The van der Waals surface area contributed by atoms with Gasteiger partial charge in [-0.15, -0.1) is 11.3 Å². The zero-order chi connectivity index (χ0) is 17.8. The summed E-state index contributed by atoms with van der Waals surface area (Å²) in [5, 5.41) is 11.0. The minimum atomic E-state index is -0.799. The highest BCUT2D eigenvalue weighted by molar-refractivity contribution is 7.11. The van der Waals surface area contributed by atoms with Gasteiger partial charge in [0.05, 0.1) is 11.5 Å². The molecule has 1 N–H and O–H groups in total. The molecule has 4 nitrogen and oxygen atoms in total. The number of rotatable bonds is 4. The Morgan fingerprint density at radius 1 is 1.16 bits per heavy atom. The van der Waals surface area contributed by atoms with Crippen LogP contribution in [0.3, 0.4) is 0 Å². The lowest BCUT2D eigenvalue weighted by Crippen LogP contribution is -2.40. The third-order valence-corrected chi connectivity index (χ3v) is 5.23. The van der Waals surface area contributed by atoms with E-state index in [1.54, 1.807) is 23.1 Å². The summed E-state index contributed by atoms with van der Waals surface area (Å²) < 4.78 is 13.1. The van der Waals surface area contributed by atoms with E-state index < -0.39 is 5.97 Å². The molecule has 0 bridgehead atoms. The van der Waals surface area contributed by atoms with Gasteiger partial charge in [-0.05, 0) is 48.1 Å². The highest BCUT2D eigenvalue weighted by Gasteiger charge is 2.29. The number of piperidine rings is 1. The molecule has 0 spiro atoms. The van der Waals surface area contributed by atoms with E-state index in [-0.39, 0.29) is 17.6 Å². The number of carboxylic acid groups (broad SMARTS) is 1. The molecule has 2 aromatic rings. The fraction of sp³-hybridized carbons (Fsp3) is 0.263. The van der Waals surface area contributed by atoms with Gasteiger partial charge in [0.15, 0.2) is 0 Å². The largest absolute Gasteiger partial charge is 0.481 e. The molecule has 1 aromatic heterocycles. The van der Waals surface area contributed by atoms with Gasteiger partial charge in [-0.2, -0.15) is 0 Å². The van der Waals surface area contributed by atoms with Crippen LogP contribution < -0.4 is 0 Å². The highest BCUT2D eigenvalue weighted by atomic mass is 32.1. The van der Waals surface area contributed by atoms with Crippen LogP contribution in [-0.2, 0) is 9.59 Å². The van der Waals surface area contributed by atoms with Crippen molar-refractivity contribution < 1.29 is 19.1 Å². The van der Waals surface area contributed by atoms with Crippen LogP contribution in [0, 0.1) is 11.7 Å². The molecule has 25 heavy (non-hydrogen) atoms. The summed E-state index contributed by atoms with van der Waals surface area (Å²) in [4.78, 5) is 26.6. The molecule has 1 fully saturated rings. The summed E-state index contributed by atoms with van der Waals surface area (Å²) in [5.41, 5.74) is 1.30. The molecule has 1 aromatic carbocycles. The van der Waals surface area contributed by atoms with E-state index in [4.69, 9.17) is 5.11 Å². The lowest BCUT2D eigenvalue weighted by atomic mass is 9.96. The van der Waals surface area contributed by atoms with Crippen molar-refractivity contribution in [3.8, 4) is 0 Å². The number of likely N-dealkylation sites (tertiary alicyclic amines) is 1. The molecule has 1 saturated heterocycles. The molecular formula is C19H18FNO3S. The van der Waals surface area contributed by atoms with Crippen molar-refractivity contribution in [1.29, 1.82) is 0 Å². The molecule has 3 rings (SSSR count). The molecule has 1 amide bonds. The van der Waals surface area contributed by atoms with Crippen molar-refractivity contribution in [2.24, 2.45) is 5.92 Å². The Bertz CT molecular complexity index is 776. The average Bonchev–Trinajstić information content (AvgIpc) is 3.15. The van der Waals surface area contributed by atoms with E-state index in [0.29, 0.717) is 31.5 Å². The summed E-state index contributed by atoms with van der Waals surface area (Å²) in [6.45, 7) is 0.865. The van der Waals surface area contributed by atoms with Crippen molar-refractivity contribution in [3.05, 3.63) is 58.0 Å². The Morgan fingerprint density at radius 3 is 2.40 bits per heavy atom. The van der Waals surface area contributed by atoms with Gasteiger partial charge in [0, 0.05) is 18.0 Å². The van der Waals surface area contributed by atoms with Crippen LogP contribution in [0.2, 0.25) is 0 Å². The van der Waals surface area contributed by atoms with Gasteiger partial charge < -0.3 is 10.0 Å².